The van der Waals surface area contributed by atoms with Crippen LogP contribution in [0.4, 0.5) is 22.0 Å². The Kier molecular flexibility index (Phi) is 10.5. The summed E-state index contributed by atoms with van der Waals surface area (Å²) in [6, 6.07) is 7.65. The minimum Gasteiger partial charge on any atom is -0.481 e. The van der Waals surface area contributed by atoms with Gasteiger partial charge in [0.1, 0.15) is 18.0 Å². The first-order valence-electron chi connectivity index (χ1n) is 16.3. The zero-order valence-electron chi connectivity index (χ0n) is 27.2. The van der Waals surface area contributed by atoms with Crippen molar-refractivity contribution in [2.24, 2.45) is 5.92 Å². The van der Waals surface area contributed by atoms with E-state index in [2.05, 4.69) is 5.10 Å². The number of carboxylic acids is 1. The van der Waals surface area contributed by atoms with Gasteiger partial charge in [-0.3, -0.25) is 19.3 Å². The fourth-order valence-corrected chi connectivity index (χ4v) is 6.68. The van der Waals surface area contributed by atoms with Crippen LogP contribution in [-0.2, 0) is 22.2 Å². The van der Waals surface area contributed by atoms with Gasteiger partial charge >= 0.3 is 12.1 Å². The molecule has 0 radical (unpaired) electrons. The van der Waals surface area contributed by atoms with E-state index < -0.39 is 65.0 Å². The average Bonchev–Trinajstić information content (AvgIpc) is 3.80. The van der Waals surface area contributed by atoms with Crippen LogP contribution in [0.3, 0.4) is 0 Å². The number of ketones is 1. The summed E-state index contributed by atoms with van der Waals surface area (Å²) in [6.07, 6.45) is -4.64. The van der Waals surface area contributed by atoms with E-state index in [0.29, 0.717) is 60.4 Å². The van der Waals surface area contributed by atoms with E-state index in [0.717, 1.165) is 23.6 Å². The van der Waals surface area contributed by atoms with Crippen molar-refractivity contribution in [3.8, 4) is 11.1 Å². The fraction of sp³-hybridized carbons (Fsp3) is 0.500. The number of hydrogen-bond acceptors (Lipinski definition) is 5. The van der Waals surface area contributed by atoms with Gasteiger partial charge in [0, 0.05) is 38.5 Å². The van der Waals surface area contributed by atoms with Gasteiger partial charge in [0.25, 0.3) is 5.56 Å². The second-order valence-corrected chi connectivity index (χ2v) is 13.3. The Morgan fingerprint density at radius 1 is 1.04 bits per heavy atom. The summed E-state index contributed by atoms with van der Waals surface area (Å²) in [5, 5.41) is 14.3. The van der Waals surface area contributed by atoms with Gasteiger partial charge in [-0.2, -0.15) is 18.3 Å². The number of carboxylic acid groups (broad SMARTS) is 1. The maximum Gasteiger partial charge on any atom is 0.419 e. The number of halogens is 5. The third-order valence-corrected chi connectivity index (χ3v) is 9.52. The standard InChI is InChI=1S/C36H40F5N3O4/c1-20-5-4-6-21(2)34(20)25-15-27(35(38)28(16-25)36(39,40)41)24(17-33(47)48)9-10-31(45)30(14-23-7-8-23)44-32(46)13-22(3)29(42-44)11-12-43-18-26(37)19-43/h4-6,13,15-16,23-24,26,30H,7-12,14,17-19H2,1-3H3,(H,47,48)/t24-,30-/m0/s1. The molecule has 1 aliphatic carbocycles. The Hall–Kier alpha value is -3.93. The van der Waals surface area contributed by atoms with Crippen molar-refractivity contribution >= 4 is 11.8 Å². The number of carbonyl (C=O) groups excluding carboxylic acids is 1. The smallest absolute Gasteiger partial charge is 0.419 e. The molecule has 7 nitrogen and oxygen atoms in total. The second-order valence-electron chi connectivity index (χ2n) is 13.3. The maximum atomic E-state index is 15.7. The fourth-order valence-electron chi connectivity index (χ4n) is 6.68. The van der Waals surface area contributed by atoms with Crippen LogP contribution in [0, 0.1) is 32.5 Å². The van der Waals surface area contributed by atoms with Gasteiger partial charge in [-0.25, -0.2) is 13.5 Å². The average molecular weight is 674 g/mol. The number of aryl methyl sites for hydroxylation is 3. The first-order chi connectivity index (χ1) is 22.6. The van der Waals surface area contributed by atoms with Crippen LogP contribution >= 0.6 is 0 Å². The van der Waals surface area contributed by atoms with Gasteiger partial charge in [-0.15, -0.1) is 0 Å². The van der Waals surface area contributed by atoms with Gasteiger partial charge in [-0.1, -0.05) is 31.0 Å². The van der Waals surface area contributed by atoms with Crippen LogP contribution in [0.5, 0.6) is 0 Å². The summed E-state index contributed by atoms with van der Waals surface area (Å²) in [6.45, 7) is 6.39. The second kappa shape index (κ2) is 14.3. The minimum atomic E-state index is -5.05. The number of carbonyl (C=O) groups is 2. The topological polar surface area (TPSA) is 92.5 Å². The van der Waals surface area contributed by atoms with Crippen LogP contribution in [0.25, 0.3) is 11.1 Å². The number of rotatable bonds is 14. The third-order valence-electron chi connectivity index (χ3n) is 9.52. The molecule has 0 bridgehead atoms. The lowest BCUT2D eigenvalue weighted by atomic mass is 9.84. The quantitative estimate of drug-likeness (QED) is 0.183. The van der Waals surface area contributed by atoms with E-state index in [1.165, 1.54) is 12.1 Å². The van der Waals surface area contributed by atoms with Gasteiger partial charge in [0.05, 0.1) is 17.7 Å². The van der Waals surface area contributed by atoms with Gasteiger partial charge in [0.15, 0.2) is 5.78 Å². The molecule has 1 N–H and O–H groups in total. The lowest BCUT2D eigenvalue weighted by Gasteiger charge is -2.34. The molecule has 1 saturated carbocycles. The number of Topliss-reactive ketones (excluding diaryl/α,β-unsaturated/α-hetero) is 1. The highest BCUT2D eigenvalue weighted by atomic mass is 19.4. The van der Waals surface area contributed by atoms with E-state index >= 15 is 4.39 Å². The third kappa shape index (κ3) is 8.19. The molecule has 1 saturated heterocycles. The predicted octanol–water partition coefficient (Wildman–Crippen LogP) is 7.14. The molecule has 1 aromatic heterocycles. The molecule has 0 amide bonds. The minimum absolute atomic E-state index is 0.103. The van der Waals surface area contributed by atoms with Crippen molar-refractivity contribution in [2.75, 3.05) is 19.6 Å². The normalized spacial score (nSPS) is 16.8. The molecule has 2 aromatic carbocycles. The zero-order valence-corrected chi connectivity index (χ0v) is 27.2. The summed E-state index contributed by atoms with van der Waals surface area (Å²) in [5.74, 6) is -4.40. The molecule has 5 rings (SSSR count). The van der Waals surface area contributed by atoms with Crippen LogP contribution in [0.2, 0.25) is 0 Å². The first-order valence-corrected chi connectivity index (χ1v) is 16.3. The van der Waals surface area contributed by atoms with E-state index in [1.807, 2.05) is 4.90 Å². The van der Waals surface area contributed by atoms with E-state index in [1.54, 1.807) is 39.0 Å². The highest BCUT2D eigenvalue weighted by molar-refractivity contribution is 5.83. The lowest BCUT2D eigenvalue weighted by Crippen LogP contribution is -2.49. The van der Waals surface area contributed by atoms with E-state index in [4.69, 9.17) is 0 Å². The molecule has 2 atom stereocenters. The summed E-state index contributed by atoms with van der Waals surface area (Å²) >= 11 is 0. The summed E-state index contributed by atoms with van der Waals surface area (Å²) in [7, 11) is 0. The Labute approximate surface area is 275 Å². The molecule has 2 aliphatic rings. The van der Waals surface area contributed by atoms with Crippen molar-refractivity contribution in [3.05, 3.63) is 86.1 Å². The predicted molar refractivity (Wildman–Crippen MR) is 170 cm³/mol. The van der Waals surface area contributed by atoms with Gasteiger partial charge < -0.3 is 5.11 Å². The molecule has 3 aromatic rings. The van der Waals surface area contributed by atoms with Crippen LogP contribution in [0.15, 0.2) is 41.2 Å². The maximum absolute atomic E-state index is 15.7. The summed E-state index contributed by atoms with van der Waals surface area (Å²) in [4.78, 5) is 40.9. The Morgan fingerprint density at radius 3 is 2.29 bits per heavy atom. The van der Waals surface area contributed by atoms with Gasteiger partial charge in [-0.05, 0) is 91.0 Å². The molecule has 2 fully saturated rings. The molecule has 0 unspecified atom stereocenters. The number of aliphatic carboxylic acids is 1. The molecule has 12 heteroatoms. The van der Waals surface area contributed by atoms with Crippen molar-refractivity contribution in [1.82, 2.24) is 14.7 Å². The largest absolute Gasteiger partial charge is 0.481 e. The first kappa shape index (κ1) is 35.4. The highest BCUT2D eigenvalue weighted by Crippen LogP contribution is 2.42. The lowest BCUT2D eigenvalue weighted by molar-refractivity contribution is -0.140. The Bertz CT molecular complexity index is 1720. The van der Waals surface area contributed by atoms with Crippen molar-refractivity contribution < 1.29 is 36.6 Å². The van der Waals surface area contributed by atoms with Crippen molar-refractivity contribution in [3.63, 3.8) is 0 Å². The van der Waals surface area contributed by atoms with Crippen LogP contribution in [0.1, 0.15) is 84.0 Å². The van der Waals surface area contributed by atoms with Gasteiger partial charge in [0.2, 0.25) is 0 Å². The molecular formula is C36H40F5N3O4. The molecule has 2 heterocycles. The van der Waals surface area contributed by atoms with Crippen LogP contribution < -0.4 is 5.56 Å². The monoisotopic (exact) mass is 673 g/mol. The molecule has 48 heavy (non-hydrogen) atoms. The Balaban J connectivity index is 1.46. The molecule has 1 aliphatic heterocycles. The zero-order chi connectivity index (χ0) is 34.9. The number of aromatic nitrogens is 2. The summed E-state index contributed by atoms with van der Waals surface area (Å²) < 4.78 is 72.7. The highest BCUT2D eigenvalue weighted by Gasteiger charge is 2.38. The van der Waals surface area contributed by atoms with Crippen molar-refractivity contribution in [2.45, 2.75) is 90.0 Å². The molecule has 0 spiro atoms. The van der Waals surface area contributed by atoms with Crippen molar-refractivity contribution in [1.29, 1.82) is 0 Å². The van der Waals surface area contributed by atoms with E-state index in [-0.39, 0.29) is 24.3 Å². The Morgan fingerprint density at radius 2 is 1.71 bits per heavy atom. The molecule has 258 valence electrons. The molecular weight excluding hydrogens is 633 g/mol. The number of hydrogen-bond donors (Lipinski definition) is 1. The number of alkyl halides is 4. The number of likely N-dealkylation sites (tertiary alicyclic amines) is 1. The number of benzene rings is 2. The SMILES string of the molecule is Cc1cc(=O)n([C@@H](CC2CC2)C(=O)CC[C@@H](CC(=O)O)c2cc(-c3c(C)cccc3C)cc(C(F)(F)F)c2F)nc1CCN1CC(F)C1. The number of nitrogens with zero attached hydrogens (tertiary/aromatic N) is 3. The summed E-state index contributed by atoms with van der Waals surface area (Å²) in [5.41, 5.74) is 0.754. The van der Waals surface area contributed by atoms with E-state index in [9.17, 15) is 37.1 Å². The van der Waals surface area contributed by atoms with Crippen LogP contribution in [-0.4, -0.2) is 57.3 Å².